The topological polar surface area (TPSA) is 41.3 Å². The maximum atomic E-state index is 5.84. The molecule has 1 aromatic rings. The van der Waals surface area contributed by atoms with Gasteiger partial charge in [0.1, 0.15) is 0 Å². The third-order valence-corrected chi connectivity index (χ3v) is 4.90. The van der Waals surface area contributed by atoms with E-state index < -0.39 is 0 Å². The van der Waals surface area contributed by atoms with Crippen molar-refractivity contribution in [2.45, 2.75) is 31.8 Å². The molecule has 19 heavy (non-hydrogen) atoms. The van der Waals surface area contributed by atoms with Crippen LogP contribution in [-0.2, 0) is 6.42 Å². The van der Waals surface area contributed by atoms with Crippen LogP contribution in [0.4, 0.5) is 0 Å². The molecule has 2 atom stereocenters. The molecule has 0 spiro atoms. The van der Waals surface area contributed by atoms with Crippen molar-refractivity contribution in [2.75, 3.05) is 25.1 Å². The lowest BCUT2D eigenvalue weighted by Gasteiger charge is -2.37. The second kappa shape index (κ2) is 7.29. The zero-order chi connectivity index (χ0) is 13.7. The molecule has 0 saturated carbocycles. The lowest BCUT2D eigenvalue weighted by molar-refractivity contribution is 0.216. The second-order valence-corrected chi connectivity index (χ2v) is 6.41. The molecule has 0 aromatic heterocycles. The van der Waals surface area contributed by atoms with Crippen LogP contribution in [0.2, 0.25) is 0 Å². The minimum absolute atomic E-state index is 0.217. The van der Waals surface area contributed by atoms with E-state index >= 15 is 0 Å². The number of nitrogens with two attached hydrogens (primary N) is 1. The Morgan fingerprint density at radius 2 is 2.37 bits per heavy atom. The third-order valence-electron chi connectivity index (χ3n) is 3.86. The monoisotopic (exact) mass is 279 g/mol. The van der Waals surface area contributed by atoms with Crippen LogP contribution >= 0.6 is 11.8 Å². The van der Waals surface area contributed by atoms with Crippen LogP contribution in [0.3, 0.4) is 0 Å². The van der Waals surface area contributed by atoms with Crippen LogP contribution in [0.25, 0.3) is 0 Å². The Kier molecular flexibility index (Phi) is 5.70. The smallest absolute Gasteiger partial charge is 0.0623 e. The summed E-state index contributed by atoms with van der Waals surface area (Å²) >= 11 is 2.02. The third kappa shape index (κ3) is 3.72. The van der Waals surface area contributed by atoms with E-state index in [1.165, 1.54) is 23.3 Å². The number of hydrazine groups is 1. The lowest BCUT2D eigenvalue weighted by atomic mass is 9.97. The van der Waals surface area contributed by atoms with Gasteiger partial charge in [-0.25, -0.2) is 0 Å². The largest absolute Gasteiger partial charge is 0.300 e. The molecule has 106 valence electrons. The van der Waals surface area contributed by atoms with Gasteiger partial charge < -0.3 is 0 Å². The number of benzene rings is 1. The Hall–Kier alpha value is -0.550. The van der Waals surface area contributed by atoms with Crippen LogP contribution in [0.5, 0.6) is 0 Å². The highest BCUT2D eigenvalue weighted by molar-refractivity contribution is 7.99. The molecule has 0 radical (unpaired) electrons. The number of nitrogens with one attached hydrogen (secondary N) is 1. The first-order chi connectivity index (χ1) is 9.26. The highest BCUT2D eigenvalue weighted by Gasteiger charge is 2.28. The summed E-state index contributed by atoms with van der Waals surface area (Å²) in [5.74, 6) is 8.20. The SMILES string of the molecule is CCCc1cccc(C(NN)C2CSCCN2C)c1. The molecule has 2 rings (SSSR count). The van der Waals surface area contributed by atoms with Crippen LogP contribution < -0.4 is 11.3 Å². The van der Waals surface area contributed by atoms with Crippen LogP contribution in [0.15, 0.2) is 24.3 Å². The van der Waals surface area contributed by atoms with Gasteiger partial charge in [-0.3, -0.25) is 16.2 Å². The fraction of sp³-hybridized carbons (Fsp3) is 0.600. The average molecular weight is 279 g/mol. The molecule has 3 N–H and O–H groups in total. The number of hydrogen-bond acceptors (Lipinski definition) is 4. The summed E-state index contributed by atoms with van der Waals surface area (Å²) in [7, 11) is 2.20. The summed E-state index contributed by atoms with van der Waals surface area (Å²) in [6.45, 7) is 3.36. The van der Waals surface area contributed by atoms with Gasteiger partial charge in [0, 0.05) is 24.1 Å². The molecule has 0 aliphatic carbocycles. The zero-order valence-electron chi connectivity index (χ0n) is 11.9. The van der Waals surface area contributed by atoms with Crippen LogP contribution in [0.1, 0.15) is 30.5 Å². The number of nitrogens with zero attached hydrogens (tertiary/aromatic N) is 1. The van der Waals surface area contributed by atoms with Crippen molar-refractivity contribution in [2.24, 2.45) is 5.84 Å². The molecule has 0 amide bonds. The van der Waals surface area contributed by atoms with E-state index in [1.54, 1.807) is 0 Å². The van der Waals surface area contributed by atoms with Gasteiger partial charge in [0.05, 0.1) is 6.04 Å². The molecular formula is C15H25N3S. The van der Waals surface area contributed by atoms with Gasteiger partial charge in [0.15, 0.2) is 0 Å². The molecule has 1 fully saturated rings. The Morgan fingerprint density at radius 1 is 1.53 bits per heavy atom. The van der Waals surface area contributed by atoms with Gasteiger partial charge in [-0.1, -0.05) is 37.6 Å². The Labute approximate surface area is 120 Å². The maximum Gasteiger partial charge on any atom is 0.0623 e. The molecule has 1 aliphatic heterocycles. The molecule has 1 heterocycles. The fourth-order valence-electron chi connectivity index (χ4n) is 2.72. The normalized spacial score (nSPS) is 22.4. The van der Waals surface area contributed by atoms with Crippen molar-refractivity contribution < 1.29 is 0 Å². The number of hydrogen-bond donors (Lipinski definition) is 2. The van der Waals surface area contributed by atoms with E-state index in [0.717, 1.165) is 18.7 Å². The van der Waals surface area contributed by atoms with Crippen molar-refractivity contribution in [1.82, 2.24) is 10.3 Å². The quantitative estimate of drug-likeness (QED) is 0.640. The molecule has 1 saturated heterocycles. The van der Waals surface area contributed by atoms with Crippen molar-refractivity contribution in [3.8, 4) is 0 Å². The maximum absolute atomic E-state index is 5.84. The van der Waals surface area contributed by atoms with E-state index in [4.69, 9.17) is 5.84 Å². The summed E-state index contributed by atoms with van der Waals surface area (Å²) in [5, 5.41) is 0. The first-order valence-corrected chi connectivity index (χ1v) is 8.24. The molecule has 1 aliphatic rings. The van der Waals surface area contributed by atoms with Crippen molar-refractivity contribution in [3.63, 3.8) is 0 Å². The van der Waals surface area contributed by atoms with E-state index in [2.05, 4.69) is 48.6 Å². The number of aryl methyl sites for hydroxylation is 1. The predicted molar refractivity (Wildman–Crippen MR) is 84.2 cm³/mol. The van der Waals surface area contributed by atoms with Gasteiger partial charge in [0.25, 0.3) is 0 Å². The molecule has 3 nitrogen and oxygen atoms in total. The molecule has 2 unspecified atom stereocenters. The zero-order valence-corrected chi connectivity index (χ0v) is 12.7. The average Bonchev–Trinajstić information content (AvgIpc) is 2.43. The summed E-state index contributed by atoms with van der Waals surface area (Å²) in [6, 6.07) is 9.55. The summed E-state index contributed by atoms with van der Waals surface area (Å²) in [5.41, 5.74) is 5.75. The summed E-state index contributed by atoms with van der Waals surface area (Å²) < 4.78 is 0. The Morgan fingerprint density at radius 3 is 3.05 bits per heavy atom. The fourth-order valence-corrected chi connectivity index (χ4v) is 3.99. The van der Waals surface area contributed by atoms with Gasteiger partial charge in [-0.05, 0) is 24.6 Å². The first-order valence-electron chi connectivity index (χ1n) is 7.09. The van der Waals surface area contributed by atoms with Gasteiger partial charge in [-0.15, -0.1) is 0 Å². The van der Waals surface area contributed by atoms with Crippen LogP contribution in [-0.4, -0.2) is 36.0 Å². The number of likely N-dealkylation sites (N-methyl/N-ethyl adjacent to an activating group) is 1. The van der Waals surface area contributed by atoms with Gasteiger partial charge >= 0.3 is 0 Å². The number of thioether (sulfide) groups is 1. The van der Waals surface area contributed by atoms with E-state index in [-0.39, 0.29) is 6.04 Å². The molecular weight excluding hydrogens is 254 g/mol. The summed E-state index contributed by atoms with van der Waals surface area (Å²) in [4.78, 5) is 2.42. The predicted octanol–water partition coefficient (Wildman–Crippen LogP) is 2.19. The minimum atomic E-state index is 0.217. The number of rotatable bonds is 5. The Bertz CT molecular complexity index is 397. The Balaban J connectivity index is 2.18. The van der Waals surface area contributed by atoms with E-state index in [1.807, 2.05) is 11.8 Å². The van der Waals surface area contributed by atoms with Crippen LogP contribution in [0, 0.1) is 0 Å². The van der Waals surface area contributed by atoms with Gasteiger partial charge in [0.2, 0.25) is 0 Å². The summed E-state index contributed by atoms with van der Waals surface area (Å²) in [6.07, 6.45) is 2.32. The van der Waals surface area contributed by atoms with Crippen molar-refractivity contribution in [1.29, 1.82) is 0 Å². The van der Waals surface area contributed by atoms with Crippen molar-refractivity contribution >= 4 is 11.8 Å². The van der Waals surface area contributed by atoms with E-state index in [0.29, 0.717) is 6.04 Å². The standard InChI is InChI=1S/C15H25N3S/c1-3-5-12-6-4-7-13(10-12)15(17-16)14-11-19-9-8-18(14)2/h4,6-7,10,14-15,17H,3,5,8-9,11,16H2,1-2H3. The molecule has 1 aromatic carbocycles. The lowest BCUT2D eigenvalue weighted by Crippen LogP contribution is -2.49. The van der Waals surface area contributed by atoms with E-state index in [9.17, 15) is 0 Å². The highest BCUT2D eigenvalue weighted by Crippen LogP contribution is 2.27. The second-order valence-electron chi connectivity index (χ2n) is 5.26. The molecule has 4 heteroatoms. The highest BCUT2D eigenvalue weighted by atomic mass is 32.2. The van der Waals surface area contributed by atoms with Crippen molar-refractivity contribution in [3.05, 3.63) is 35.4 Å². The van der Waals surface area contributed by atoms with Gasteiger partial charge in [-0.2, -0.15) is 11.8 Å². The molecule has 0 bridgehead atoms. The first kappa shape index (κ1) is 14.9. The minimum Gasteiger partial charge on any atom is -0.300 e.